The first-order valence-corrected chi connectivity index (χ1v) is 8.09. The Morgan fingerprint density at radius 1 is 1.08 bits per heavy atom. The number of hydrogen-bond acceptors (Lipinski definition) is 3. The summed E-state index contributed by atoms with van der Waals surface area (Å²) in [6.07, 6.45) is 0.643. The van der Waals surface area contributed by atoms with Crippen LogP contribution in [0.25, 0.3) is 0 Å². The van der Waals surface area contributed by atoms with Crippen molar-refractivity contribution in [1.82, 2.24) is 10.9 Å². The summed E-state index contributed by atoms with van der Waals surface area (Å²) in [5.41, 5.74) is 10.9. The molecule has 0 bridgehead atoms. The zero-order chi connectivity index (χ0) is 17.3. The summed E-state index contributed by atoms with van der Waals surface area (Å²) in [6.45, 7) is 5.82. The number of rotatable bonds is 3. The van der Waals surface area contributed by atoms with Crippen molar-refractivity contribution >= 4 is 11.6 Å². The molecule has 1 saturated heterocycles. The third-order valence-electron chi connectivity index (χ3n) is 4.47. The number of aryl methyl sites for hydroxylation is 3. The van der Waals surface area contributed by atoms with Gasteiger partial charge < -0.3 is 5.32 Å². The van der Waals surface area contributed by atoms with E-state index in [4.69, 9.17) is 0 Å². The molecule has 126 valence electrons. The van der Waals surface area contributed by atoms with Gasteiger partial charge in [-0.15, -0.1) is 0 Å². The molecule has 2 atom stereocenters. The van der Waals surface area contributed by atoms with Crippen LogP contribution in [0.4, 0.5) is 10.1 Å². The van der Waals surface area contributed by atoms with E-state index in [1.807, 2.05) is 0 Å². The summed E-state index contributed by atoms with van der Waals surface area (Å²) in [7, 11) is 0. The summed E-state index contributed by atoms with van der Waals surface area (Å²) < 4.78 is 13.6. The van der Waals surface area contributed by atoms with Crippen LogP contribution in [0.15, 0.2) is 36.4 Å². The molecule has 4 nitrogen and oxygen atoms in total. The largest absolute Gasteiger partial charge is 0.325 e. The molecule has 1 heterocycles. The van der Waals surface area contributed by atoms with Crippen molar-refractivity contribution in [1.29, 1.82) is 0 Å². The molecule has 1 aliphatic rings. The molecule has 24 heavy (non-hydrogen) atoms. The van der Waals surface area contributed by atoms with E-state index < -0.39 is 0 Å². The van der Waals surface area contributed by atoms with Gasteiger partial charge in [0.2, 0.25) is 5.91 Å². The molecule has 2 aromatic carbocycles. The summed E-state index contributed by atoms with van der Waals surface area (Å²) in [6, 6.07) is 10.7. The van der Waals surface area contributed by atoms with E-state index in [2.05, 4.69) is 48.2 Å². The van der Waals surface area contributed by atoms with Crippen LogP contribution in [-0.2, 0) is 4.79 Å². The lowest BCUT2D eigenvalue weighted by molar-refractivity contribution is -0.117. The number of nitrogens with one attached hydrogen (secondary N) is 3. The number of benzene rings is 2. The lowest BCUT2D eigenvalue weighted by Crippen LogP contribution is -2.39. The van der Waals surface area contributed by atoms with E-state index in [1.54, 1.807) is 19.1 Å². The highest BCUT2D eigenvalue weighted by atomic mass is 19.1. The molecule has 0 saturated carbocycles. The fourth-order valence-electron chi connectivity index (χ4n) is 2.97. The Balaban J connectivity index is 1.67. The minimum Gasteiger partial charge on any atom is -0.325 e. The molecule has 0 aromatic heterocycles. The highest BCUT2D eigenvalue weighted by molar-refractivity contribution is 5.95. The molecule has 1 amide bonds. The maximum atomic E-state index is 13.6. The molecule has 2 unspecified atom stereocenters. The second kappa shape index (κ2) is 6.71. The Hall–Kier alpha value is -2.24. The molecule has 0 spiro atoms. The molecular formula is C19H22FN3O. The topological polar surface area (TPSA) is 53.2 Å². The minimum atomic E-state index is -0.362. The number of carbonyl (C=O) groups is 1. The Morgan fingerprint density at radius 2 is 1.83 bits per heavy atom. The maximum absolute atomic E-state index is 13.6. The van der Waals surface area contributed by atoms with Crippen molar-refractivity contribution in [2.24, 2.45) is 0 Å². The van der Waals surface area contributed by atoms with Crippen LogP contribution in [-0.4, -0.2) is 11.9 Å². The monoisotopic (exact) mass is 327 g/mol. The van der Waals surface area contributed by atoms with Gasteiger partial charge in [-0.3, -0.25) is 4.79 Å². The van der Waals surface area contributed by atoms with Crippen LogP contribution in [0.5, 0.6) is 0 Å². The average Bonchev–Trinajstić information content (AvgIpc) is 3.03. The van der Waals surface area contributed by atoms with E-state index in [1.165, 1.54) is 22.8 Å². The zero-order valence-electron chi connectivity index (χ0n) is 14.1. The second-order valence-corrected chi connectivity index (χ2v) is 6.44. The molecule has 3 N–H and O–H groups in total. The number of anilines is 1. The normalized spacial score (nSPS) is 20.2. The summed E-state index contributed by atoms with van der Waals surface area (Å²) in [5, 5.41) is 2.77. The van der Waals surface area contributed by atoms with Crippen molar-refractivity contribution in [2.45, 2.75) is 39.3 Å². The zero-order valence-corrected chi connectivity index (χ0v) is 14.1. The van der Waals surface area contributed by atoms with Crippen molar-refractivity contribution < 1.29 is 9.18 Å². The number of carbonyl (C=O) groups excluding carboxylic acids is 1. The third-order valence-corrected chi connectivity index (χ3v) is 4.47. The van der Waals surface area contributed by atoms with E-state index in [-0.39, 0.29) is 23.8 Å². The highest BCUT2D eigenvalue weighted by Gasteiger charge is 2.30. The smallest absolute Gasteiger partial charge is 0.242 e. The van der Waals surface area contributed by atoms with Crippen LogP contribution in [0.1, 0.15) is 34.7 Å². The second-order valence-electron chi connectivity index (χ2n) is 6.44. The SMILES string of the molecule is Cc1ccc(C)c(C2CC(C(=O)Nc3ccc(C)c(F)c3)NN2)c1. The lowest BCUT2D eigenvalue weighted by atomic mass is 9.96. The van der Waals surface area contributed by atoms with Gasteiger partial charge in [0.05, 0.1) is 0 Å². The van der Waals surface area contributed by atoms with Gasteiger partial charge >= 0.3 is 0 Å². The van der Waals surface area contributed by atoms with Gasteiger partial charge in [-0.25, -0.2) is 15.2 Å². The van der Waals surface area contributed by atoms with Gasteiger partial charge in [0.25, 0.3) is 0 Å². The minimum absolute atomic E-state index is 0.0791. The van der Waals surface area contributed by atoms with Gasteiger partial charge in [0.15, 0.2) is 0 Å². The van der Waals surface area contributed by atoms with Crippen LogP contribution in [0.3, 0.4) is 0 Å². The Kier molecular flexibility index (Phi) is 4.64. The summed E-state index contributed by atoms with van der Waals surface area (Å²) >= 11 is 0. The molecular weight excluding hydrogens is 305 g/mol. The summed E-state index contributed by atoms with van der Waals surface area (Å²) in [4.78, 5) is 12.4. The first kappa shape index (κ1) is 16.6. The molecule has 5 heteroatoms. The summed E-state index contributed by atoms with van der Waals surface area (Å²) in [5.74, 6) is -0.489. The maximum Gasteiger partial charge on any atom is 0.242 e. The Morgan fingerprint density at radius 3 is 2.58 bits per heavy atom. The van der Waals surface area contributed by atoms with Crippen molar-refractivity contribution in [3.63, 3.8) is 0 Å². The van der Waals surface area contributed by atoms with Crippen molar-refractivity contribution in [3.05, 3.63) is 64.5 Å². The molecule has 2 aromatic rings. The molecule has 1 aliphatic heterocycles. The van der Waals surface area contributed by atoms with Crippen LogP contribution >= 0.6 is 0 Å². The number of amides is 1. The van der Waals surface area contributed by atoms with Crippen molar-refractivity contribution in [2.75, 3.05) is 5.32 Å². The standard InChI is InChI=1S/C19H22FN3O/c1-11-4-5-12(2)15(8-11)17-10-18(23-22-17)19(24)21-14-7-6-13(3)16(20)9-14/h4-9,17-18,22-23H,10H2,1-3H3,(H,21,24). The van der Waals surface area contributed by atoms with Gasteiger partial charge in [0, 0.05) is 11.7 Å². The van der Waals surface area contributed by atoms with E-state index in [0.717, 1.165) is 0 Å². The number of hydrazine groups is 1. The number of halogens is 1. The lowest BCUT2D eigenvalue weighted by Gasteiger charge is -2.14. The van der Waals surface area contributed by atoms with E-state index in [9.17, 15) is 9.18 Å². The molecule has 1 fully saturated rings. The Bertz CT molecular complexity index is 775. The van der Waals surface area contributed by atoms with Crippen LogP contribution in [0, 0.1) is 26.6 Å². The molecule has 0 aliphatic carbocycles. The van der Waals surface area contributed by atoms with Crippen LogP contribution in [0.2, 0.25) is 0 Å². The Labute approximate surface area is 141 Å². The highest BCUT2D eigenvalue weighted by Crippen LogP contribution is 2.26. The average molecular weight is 327 g/mol. The van der Waals surface area contributed by atoms with Gasteiger partial charge in [0.1, 0.15) is 11.9 Å². The fourth-order valence-corrected chi connectivity index (χ4v) is 2.97. The number of hydrogen-bond donors (Lipinski definition) is 3. The first-order chi connectivity index (χ1) is 11.4. The van der Waals surface area contributed by atoms with Crippen LogP contribution < -0.4 is 16.2 Å². The quantitative estimate of drug-likeness (QED) is 0.811. The van der Waals surface area contributed by atoms with Gasteiger partial charge in [-0.05, 0) is 56.0 Å². The molecule has 0 radical (unpaired) electrons. The fraction of sp³-hybridized carbons (Fsp3) is 0.316. The molecule has 3 rings (SSSR count). The van der Waals surface area contributed by atoms with E-state index >= 15 is 0 Å². The van der Waals surface area contributed by atoms with Gasteiger partial charge in [-0.2, -0.15) is 0 Å². The first-order valence-electron chi connectivity index (χ1n) is 8.09. The predicted octanol–water partition coefficient (Wildman–Crippen LogP) is 3.30. The third kappa shape index (κ3) is 3.47. The van der Waals surface area contributed by atoms with E-state index in [0.29, 0.717) is 17.7 Å². The predicted molar refractivity (Wildman–Crippen MR) is 93.1 cm³/mol. The van der Waals surface area contributed by atoms with Crippen molar-refractivity contribution in [3.8, 4) is 0 Å². The van der Waals surface area contributed by atoms with Gasteiger partial charge in [-0.1, -0.05) is 29.8 Å².